The molecule has 98 valence electrons. The van der Waals surface area contributed by atoms with Crippen LogP contribution in [0.25, 0.3) is 0 Å². The third kappa shape index (κ3) is 4.11. The van der Waals surface area contributed by atoms with E-state index in [4.69, 9.17) is 18.0 Å². The van der Waals surface area contributed by atoms with Crippen LogP contribution < -0.4 is 11.1 Å². The van der Waals surface area contributed by atoms with Crippen molar-refractivity contribution in [2.75, 3.05) is 0 Å². The molecule has 0 fully saturated rings. The molecule has 18 heavy (non-hydrogen) atoms. The average Bonchev–Trinajstić information content (AvgIpc) is 2.28. The van der Waals surface area contributed by atoms with Crippen molar-refractivity contribution >= 4 is 23.1 Å². The van der Waals surface area contributed by atoms with E-state index in [2.05, 4.69) is 12.2 Å². The monoisotopic (exact) mass is 264 g/mol. The minimum absolute atomic E-state index is 0.0912. The molecule has 0 aliphatic rings. The summed E-state index contributed by atoms with van der Waals surface area (Å²) in [7, 11) is 0. The van der Waals surface area contributed by atoms with Crippen LogP contribution >= 0.6 is 12.2 Å². The predicted octanol–water partition coefficient (Wildman–Crippen LogP) is 2.63. The summed E-state index contributed by atoms with van der Waals surface area (Å²) in [6.45, 7) is 6.14. The first kappa shape index (κ1) is 14.6. The van der Waals surface area contributed by atoms with Crippen LogP contribution in [-0.4, -0.2) is 16.4 Å². The molecule has 0 aromatic heterocycles. The van der Waals surface area contributed by atoms with Gasteiger partial charge in [0.15, 0.2) is 0 Å². The second-order valence-electron chi connectivity index (χ2n) is 5.03. The molecular weight excluding hydrogens is 244 g/mol. The molecule has 1 aromatic rings. The molecule has 4 heteroatoms. The van der Waals surface area contributed by atoms with Crippen LogP contribution in [0.3, 0.4) is 0 Å². The molecule has 1 rings (SSSR count). The number of nitrogens with two attached hydrogens (primary N) is 1. The van der Waals surface area contributed by atoms with Gasteiger partial charge in [-0.25, -0.2) is 0 Å². The van der Waals surface area contributed by atoms with E-state index in [0.717, 1.165) is 12.8 Å². The van der Waals surface area contributed by atoms with E-state index in [-0.39, 0.29) is 11.4 Å². The maximum absolute atomic E-state index is 12.1. The first-order valence-electron chi connectivity index (χ1n) is 6.08. The Hall–Kier alpha value is -1.42. The molecule has 3 nitrogen and oxygen atoms in total. The summed E-state index contributed by atoms with van der Waals surface area (Å²) in [4.78, 5) is 12.4. The van der Waals surface area contributed by atoms with Crippen LogP contribution in [0.1, 0.15) is 49.5 Å². The van der Waals surface area contributed by atoms with Crippen molar-refractivity contribution < 1.29 is 4.79 Å². The molecule has 0 saturated carbocycles. The van der Waals surface area contributed by atoms with Gasteiger partial charge in [0.1, 0.15) is 4.99 Å². The molecule has 0 aliphatic heterocycles. The number of carbonyl (C=O) groups excluding carboxylic acids is 1. The zero-order chi connectivity index (χ0) is 13.8. The van der Waals surface area contributed by atoms with Crippen LogP contribution in [0.5, 0.6) is 0 Å². The van der Waals surface area contributed by atoms with E-state index in [1.807, 2.05) is 13.8 Å². The SMILES string of the molecule is CCCC(C)(C)NC(=O)c1cccc(C(N)=S)c1. The van der Waals surface area contributed by atoms with Gasteiger partial charge in [-0.1, -0.05) is 37.7 Å². The molecule has 3 N–H and O–H groups in total. The molecule has 0 unspecified atom stereocenters. The van der Waals surface area contributed by atoms with E-state index in [0.29, 0.717) is 16.1 Å². The highest BCUT2D eigenvalue weighted by Gasteiger charge is 2.20. The molecule has 1 amide bonds. The summed E-state index contributed by atoms with van der Waals surface area (Å²) in [6.07, 6.45) is 1.97. The summed E-state index contributed by atoms with van der Waals surface area (Å²) in [5.74, 6) is -0.0912. The summed E-state index contributed by atoms with van der Waals surface area (Å²) in [5.41, 5.74) is 6.66. The predicted molar refractivity (Wildman–Crippen MR) is 78.8 cm³/mol. The molecule has 0 atom stereocenters. The number of hydrogen-bond donors (Lipinski definition) is 2. The summed E-state index contributed by atoms with van der Waals surface area (Å²) >= 11 is 4.91. The van der Waals surface area contributed by atoms with Gasteiger partial charge in [-0.05, 0) is 32.4 Å². The van der Waals surface area contributed by atoms with Crippen molar-refractivity contribution in [2.45, 2.75) is 39.2 Å². The molecule has 0 aliphatic carbocycles. The summed E-state index contributed by atoms with van der Waals surface area (Å²) in [5, 5.41) is 3.02. The Kier molecular flexibility index (Phi) is 4.84. The van der Waals surface area contributed by atoms with E-state index in [1.54, 1.807) is 24.3 Å². The molecule has 0 spiro atoms. The number of rotatable bonds is 5. The zero-order valence-electron chi connectivity index (χ0n) is 11.1. The van der Waals surface area contributed by atoms with Crippen LogP contribution in [-0.2, 0) is 0 Å². The van der Waals surface area contributed by atoms with Crippen molar-refractivity contribution in [3.05, 3.63) is 35.4 Å². The largest absolute Gasteiger partial charge is 0.389 e. The maximum Gasteiger partial charge on any atom is 0.251 e. The van der Waals surface area contributed by atoms with Gasteiger partial charge >= 0.3 is 0 Å². The summed E-state index contributed by atoms with van der Waals surface area (Å²) in [6, 6.07) is 7.07. The van der Waals surface area contributed by atoms with Crippen LogP contribution in [0, 0.1) is 0 Å². The van der Waals surface area contributed by atoms with Gasteiger partial charge in [0, 0.05) is 16.7 Å². The van der Waals surface area contributed by atoms with E-state index in [9.17, 15) is 4.79 Å². The highest BCUT2D eigenvalue weighted by Crippen LogP contribution is 2.13. The molecule has 0 radical (unpaired) electrons. The third-order valence-corrected chi connectivity index (χ3v) is 2.97. The lowest BCUT2D eigenvalue weighted by atomic mass is 9.98. The first-order chi connectivity index (χ1) is 8.35. The van der Waals surface area contributed by atoms with E-state index < -0.39 is 0 Å². The van der Waals surface area contributed by atoms with Gasteiger partial charge in [0.2, 0.25) is 0 Å². The number of thiocarbonyl (C=S) groups is 1. The first-order valence-corrected chi connectivity index (χ1v) is 6.49. The lowest BCUT2D eigenvalue weighted by Gasteiger charge is -2.25. The van der Waals surface area contributed by atoms with Crippen molar-refractivity contribution in [1.82, 2.24) is 5.32 Å². The number of benzene rings is 1. The summed E-state index contributed by atoms with van der Waals surface area (Å²) < 4.78 is 0. The standard InChI is InChI=1S/C14H20N2OS/c1-4-8-14(2,3)16-13(17)11-7-5-6-10(9-11)12(15)18/h5-7,9H,4,8H2,1-3H3,(H2,15,18)(H,16,17). The van der Waals surface area contributed by atoms with E-state index in [1.165, 1.54) is 0 Å². The lowest BCUT2D eigenvalue weighted by Crippen LogP contribution is -2.43. The topological polar surface area (TPSA) is 55.1 Å². The van der Waals surface area contributed by atoms with Gasteiger partial charge in [-0.2, -0.15) is 0 Å². The van der Waals surface area contributed by atoms with Crippen LogP contribution in [0.15, 0.2) is 24.3 Å². The fourth-order valence-corrected chi connectivity index (χ4v) is 2.01. The number of carbonyl (C=O) groups is 1. The van der Waals surface area contributed by atoms with Gasteiger partial charge in [-0.3, -0.25) is 4.79 Å². The van der Waals surface area contributed by atoms with Crippen molar-refractivity contribution in [1.29, 1.82) is 0 Å². The fourth-order valence-electron chi connectivity index (χ4n) is 1.88. The molecular formula is C14H20N2OS. The second-order valence-corrected chi connectivity index (χ2v) is 5.47. The van der Waals surface area contributed by atoms with Crippen LogP contribution in [0.4, 0.5) is 0 Å². The molecule has 0 heterocycles. The Morgan fingerprint density at radius 2 is 2.00 bits per heavy atom. The van der Waals surface area contributed by atoms with E-state index >= 15 is 0 Å². The molecule has 0 bridgehead atoms. The zero-order valence-corrected chi connectivity index (χ0v) is 11.9. The Morgan fingerprint density at radius 1 is 1.39 bits per heavy atom. The molecule has 1 aromatic carbocycles. The van der Waals surface area contributed by atoms with Gasteiger partial charge in [-0.15, -0.1) is 0 Å². The number of amides is 1. The van der Waals surface area contributed by atoms with Gasteiger partial charge in [0.05, 0.1) is 0 Å². The van der Waals surface area contributed by atoms with Crippen LogP contribution in [0.2, 0.25) is 0 Å². The average molecular weight is 264 g/mol. The van der Waals surface area contributed by atoms with Crippen molar-refractivity contribution in [3.63, 3.8) is 0 Å². The Labute approximate surface area is 114 Å². The van der Waals surface area contributed by atoms with Crippen molar-refractivity contribution in [3.8, 4) is 0 Å². The minimum atomic E-state index is -0.203. The molecule has 0 saturated heterocycles. The number of hydrogen-bond acceptors (Lipinski definition) is 2. The Morgan fingerprint density at radius 3 is 2.56 bits per heavy atom. The fraction of sp³-hybridized carbons (Fsp3) is 0.429. The second kappa shape index (κ2) is 5.96. The Bertz CT molecular complexity index is 455. The highest BCUT2D eigenvalue weighted by molar-refractivity contribution is 7.80. The van der Waals surface area contributed by atoms with Crippen molar-refractivity contribution in [2.24, 2.45) is 5.73 Å². The smallest absolute Gasteiger partial charge is 0.251 e. The highest BCUT2D eigenvalue weighted by atomic mass is 32.1. The minimum Gasteiger partial charge on any atom is -0.389 e. The van der Waals surface area contributed by atoms with Gasteiger partial charge < -0.3 is 11.1 Å². The van der Waals surface area contributed by atoms with Gasteiger partial charge in [0.25, 0.3) is 5.91 Å². The third-order valence-electron chi connectivity index (χ3n) is 2.74. The maximum atomic E-state index is 12.1. The quantitative estimate of drug-likeness (QED) is 0.804. The lowest BCUT2D eigenvalue weighted by molar-refractivity contribution is 0.0909. The number of nitrogens with one attached hydrogen (secondary N) is 1. The Balaban J connectivity index is 2.84. The normalized spacial score (nSPS) is 11.1.